The van der Waals surface area contributed by atoms with Gasteiger partial charge in [-0.15, -0.1) is 17.9 Å². The van der Waals surface area contributed by atoms with Crippen LogP contribution < -0.4 is 10.6 Å². The van der Waals surface area contributed by atoms with Gasteiger partial charge in [0.15, 0.2) is 5.13 Å². The molecule has 0 atom stereocenters. The van der Waals surface area contributed by atoms with E-state index in [4.69, 9.17) is 0 Å². The fourth-order valence-corrected chi connectivity index (χ4v) is 2.51. The van der Waals surface area contributed by atoms with Crippen LogP contribution in [-0.4, -0.2) is 23.3 Å². The van der Waals surface area contributed by atoms with Crippen LogP contribution in [0.25, 0.3) is 0 Å². The Morgan fingerprint density at radius 2 is 2.04 bits per heavy atom. The van der Waals surface area contributed by atoms with Crippen molar-refractivity contribution in [3.05, 3.63) is 59.4 Å². The first-order chi connectivity index (χ1) is 11.1. The molecule has 1 heterocycles. The first-order valence-corrected chi connectivity index (χ1v) is 7.85. The summed E-state index contributed by atoms with van der Waals surface area (Å²) in [4.78, 5) is 27.7. The van der Waals surface area contributed by atoms with E-state index in [0.717, 1.165) is 5.69 Å². The minimum Gasteiger partial charge on any atom is -0.353 e. The number of amides is 2. The zero-order chi connectivity index (χ0) is 16.7. The number of nitrogens with zero attached hydrogens (tertiary/aromatic N) is 1. The number of aromatic nitrogens is 1. The Morgan fingerprint density at radius 1 is 1.30 bits per heavy atom. The highest BCUT2D eigenvalue weighted by molar-refractivity contribution is 7.14. The molecule has 0 fully saturated rings. The molecule has 1 aromatic heterocycles. The number of halogens is 1. The SMILES string of the molecule is C=CCNC(=O)CCc1csc(NC(=O)c2ccc(F)cc2)n1. The molecule has 0 spiro atoms. The van der Waals surface area contributed by atoms with Gasteiger partial charge in [-0.1, -0.05) is 6.08 Å². The molecule has 120 valence electrons. The normalized spacial score (nSPS) is 10.1. The maximum absolute atomic E-state index is 12.8. The smallest absolute Gasteiger partial charge is 0.257 e. The Bertz CT molecular complexity index is 698. The summed E-state index contributed by atoms with van der Waals surface area (Å²) >= 11 is 1.28. The average molecular weight is 333 g/mol. The van der Waals surface area contributed by atoms with Gasteiger partial charge in [-0.25, -0.2) is 9.37 Å². The van der Waals surface area contributed by atoms with Gasteiger partial charge in [0.25, 0.3) is 5.91 Å². The lowest BCUT2D eigenvalue weighted by Gasteiger charge is -2.02. The Kier molecular flexibility index (Phi) is 5.99. The van der Waals surface area contributed by atoms with Gasteiger partial charge in [-0.05, 0) is 30.7 Å². The number of rotatable bonds is 7. The number of hydrogen-bond donors (Lipinski definition) is 2. The predicted molar refractivity (Wildman–Crippen MR) is 88.0 cm³/mol. The van der Waals surface area contributed by atoms with Crippen LogP contribution in [0.2, 0.25) is 0 Å². The van der Waals surface area contributed by atoms with Crippen LogP contribution in [0.1, 0.15) is 22.5 Å². The maximum atomic E-state index is 12.8. The molecule has 5 nitrogen and oxygen atoms in total. The largest absolute Gasteiger partial charge is 0.353 e. The van der Waals surface area contributed by atoms with Crippen molar-refractivity contribution < 1.29 is 14.0 Å². The summed E-state index contributed by atoms with van der Waals surface area (Å²) in [6.07, 6.45) is 2.43. The third kappa shape index (κ3) is 5.30. The molecule has 23 heavy (non-hydrogen) atoms. The molecule has 7 heteroatoms. The van der Waals surface area contributed by atoms with Crippen molar-refractivity contribution in [3.63, 3.8) is 0 Å². The Hall–Kier alpha value is -2.54. The number of aryl methyl sites for hydroxylation is 1. The molecule has 2 amide bonds. The molecule has 2 aromatic rings. The zero-order valence-electron chi connectivity index (χ0n) is 12.3. The van der Waals surface area contributed by atoms with Crippen LogP contribution in [0.4, 0.5) is 9.52 Å². The van der Waals surface area contributed by atoms with Crippen molar-refractivity contribution in [2.75, 3.05) is 11.9 Å². The van der Waals surface area contributed by atoms with Crippen LogP contribution in [0, 0.1) is 5.82 Å². The van der Waals surface area contributed by atoms with Crippen molar-refractivity contribution in [2.24, 2.45) is 0 Å². The number of nitrogens with one attached hydrogen (secondary N) is 2. The van der Waals surface area contributed by atoms with E-state index in [2.05, 4.69) is 22.2 Å². The van der Waals surface area contributed by atoms with Crippen LogP contribution >= 0.6 is 11.3 Å². The van der Waals surface area contributed by atoms with E-state index in [9.17, 15) is 14.0 Å². The average Bonchev–Trinajstić information content (AvgIpc) is 2.99. The van der Waals surface area contributed by atoms with Gasteiger partial charge in [-0.3, -0.25) is 14.9 Å². The van der Waals surface area contributed by atoms with E-state index < -0.39 is 5.82 Å². The van der Waals surface area contributed by atoms with E-state index in [1.54, 1.807) is 11.5 Å². The number of thiazole rings is 1. The maximum Gasteiger partial charge on any atom is 0.257 e. The van der Waals surface area contributed by atoms with Crippen LogP contribution in [0.15, 0.2) is 42.3 Å². The van der Waals surface area contributed by atoms with Crippen LogP contribution in [0.5, 0.6) is 0 Å². The van der Waals surface area contributed by atoms with Gasteiger partial charge >= 0.3 is 0 Å². The molecule has 0 saturated carbocycles. The van der Waals surface area contributed by atoms with Crippen molar-refractivity contribution in [1.82, 2.24) is 10.3 Å². The van der Waals surface area contributed by atoms with Gasteiger partial charge in [0, 0.05) is 23.9 Å². The van der Waals surface area contributed by atoms with E-state index in [-0.39, 0.29) is 11.8 Å². The van der Waals surface area contributed by atoms with Gasteiger partial charge in [-0.2, -0.15) is 0 Å². The Balaban J connectivity index is 1.86. The van der Waals surface area contributed by atoms with Crippen LogP contribution in [-0.2, 0) is 11.2 Å². The lowest BCUT2D eigenvalue weighted by molar-refractivity contribution is -0.120. The zero-order valence-corrected chi connectivity index (χ0v) is 13.2. The molecule has 0 saturated heterocycles. The molecule has 2 rings (SSSR count). The summed E-state index contributed by atoms with van der Waals surface area (Å²) in [6, 6.07) is 5.26. The lowest BCUT2D eigenvalue weighted by atomic mass is 10.2. The topological polar surface area (TPSA) is 71.1 Å². The first-order valence-electron chi connectivity index (χ1n) is 6.97. The number of carbonyl (C=O) groups is 2. The fourth-order valence-electron chi connectivity index (χ4n) is 1.77. The molecule has 0 aliphatic carbocycles. The second-order valence-electron chi connectivity index (χ2n) is 4.70. The number of anilines is 1. The number of hydrogen-bond acceptors (Lipinski definition) is 4. The lowest BCUT2D eigenvalue weighted by Crippen LogP contribution is -2.23. The van der Waals surface area contributed by atoms with E-state index in [0.29, 0.717) is 30.1 Å². The van der Waals surface area contributed by atoms with Crippen molar-refractivity contribution in [3.8, 4) is 0 Å². The second kappa shape index (κ2) is 8.19. The van der Waals surface area contributed by atoms with Crippen molar-refractivity contribution in [1.29, 1.82) is 0 Å². The van der Waals surface area contributed by atoms with Gasteiger partial charge in [0.05, 0.1) is 5.69 Å². The van der Waals surface area contributed by atoms with E-state index in [1.165, 1.54) is 35.6 Å². The quantitative estimate of drug-likeness (QED) is 0.766. The molecule has 0 bridgehead atoms. The first kappa shape index (κ1) is 16.8. The standard InChI is InChI=1S/C16H16FN3O2S/c1-2-9-18-14(21)8-7-13-10-23-16(19-13)20-15(22)11-3-5-12(17)6-4-11/h2-6,10H,1,7-9H2,(H,18,21)(H,19,20,22). The summed E-state index contributed by atoms with van der Waals surface area (Å²) < 4.78 is 12.8. The Labute approximate surface area is 137 Å². The second-order valence-corrected chi connectivity index (χ2v) is 5.56. The monoisotopic (exact) mass is 333 g/mol. The van der Waals surface area contributed by atoms with E-state index >= 15 is 0 Å². The summed E-state index contributed by atoms with van der Waals surface area (Å²) in [6.45, 7) is 3.96. The van der Waals surface area contributed by atoms with Crippen LogP contribution in [0.3, 0.4) is 0 Å². The minimum absolute atomic E-state index is 0.0743. The highest BCUT2D eigenvalue weighted by Crippen LogP contribution is 2.17. The molecule has 0 aliphatic rings. The predicted octanol–water partition coefficient (Wildman–Crippen LogP) is 2.77. The van der Waals surface area contributed by atoms with Crippen molar-refractivity contribution >= 4 is 28.3 Å². The van der Waals surface area contributed by atoms with Gasteiger partial charge in [0.1, 0.15) is 5.82 Å². The molecule has 2 N–H and O–H groups in total. The number of carbonyl (C=O) groups excluding carboxylic acids is 2. The van der Waals surface area contributed by atoms with Crippen molar-refractivity contribution in [2.45, 2.75) is 12.8 Å². The third-order valence-electron chi connectivity index (χ3n) is 2.93. The highest BCUT2D eigenvalue weighted by atomic mass is 32.1. The van der Waals surface area contributed by atoms with Gasteiger partial charge < -0.3 is 5.32 Å². The molecular formula is C16H16FN3O2S. The molecule has 0 aliphatic heterocycles. The molecular weight excluding hydrogens is 317 g/mol. The van der Waals surface area contributed by atoms with E-state index in [1.807, 2.05) is 0 Å². The summed E-state index contributed by atoms with van der Waals surface area (Å²) in [5, 5.41) is 7.58. The molecule has 1 aromatic carbocycles. The number of benzene rings is 1. The highest BCUT2D eigenvalue weighted by Gasteiger charge is 2.10. The van der Waals surface area contributed by atoms with Gasteiger partial charge in [0.2, 0.25) is 5.91 Å². The minimum atomic E-state index is -0.396. The molecule has 0 unspecified atom stereocenters. The summed E-state index contributed by atoms with van der Waals surface area (Å²) in [5.41, 5.74) is 1.09. The third-order valence-corrected chi connectivity index (χ3v) is 3.74. The Morgan fingerprint density at radius 3 is 2.74 bits per heavy atom. The molecule has 0 radical (unpaired) electrons. The summed E-state index contributed by atoms with van der Waals surface area (Å²) in [5.74, 6) is -0.822. The summed E-state index contributed by atoms with van der Waals surface area (Å²) in [7, 11) is 0. The fraction of sp³-hybridized carbons (Fsp3) is 0.188.